The van der Waals surface area contributed by atoms with E-state index < -0.39 is 17.4 Å². The summed E-state index contributed by atoms with van der Waals surface area (Å²) >= 11 is -3.38. The maximum Gasteiger partial charge on any atom is -0.147 e. The van der Waals surface area contributed by atoms with Gasteiger partial charge in [-0.05, 0) is 0 Å². The van der Waals surface area contributed by atoms with E-state index in [0.29, 0.717) is 7.25 Å². The molecule has 0 saturated heterocycles. The number of hydrogen-bond donors (Lipinski definition) is 0. The minimum Gasteiger partial charge on any atom is -0.147 e. The van der Waals surface area contributed by atoms with Crippen molar-refractivity contribution >= 4 is 43.8 Å². The van der Waals surface area contributed by atoms with Crippen molar-refractivity contribution in [2.45, 2.75) is 82.7 Å². The largest absolute Gasteiger partial charge is 0.147 e. The Morgan fingerprint density at radius 3 is 1.26 bits per heavy atom. The van der Waals surface area contributed by atoms with Gasteiger partial charge in [0.1, 0.15) is 0 Å². The Hall–Kier alpha value is -0.400. The van der Waals surface area contributed by atoms with E-state index in [2.05, 4.69) is 120 Å². The van der Waals surface area contributed by atoms with Crippen molar-refractivity contribution in [2.75, 3.05) is 0 Å². The number of hydrogen-bond acceptors (Lipinski definition) is 0. The molecule has 186 valence electrons. The summed E-state index contributed by atoms with van der Waals surface area (Å²) in [5, 5.41) is 0. The number of rotatable bonds is 2. The molecule has 4 heteroatoms. The average Bonchev–Trinajstić information content (AvgIpc) is 3.15. The Bertz CT molecular complexity index is 1150. The maximum absolute atomic E-state index is 3.38. The van der Waals surface area contributed by atoms with Crippen LogP contribution in [0.2, 0.25) is 9.26 Å². The van der Waals surface area contributed by atoms with Crippen LogP contribution in [-0.4, -0.2) is 6.88 Å². The average molecular weight is 595 g/mol. The Labute approximate surface area is 223 Å². The van der Waals surface area contributed by atoms with Crippen LogP contribution >= 0.6 is 24.8 Å². The molecule has 0 radical (unpaired) electrons. The molecule has 2 aliphatic rings. The summed E-state index contributed by atoms with van der Waals surface area (Å²) in [4.78, 5) is 0. The monoisotopic (exact) mass is 592 g/mol. The van der Waals surface area contributed by atoms with Gasteiger partial charge in [0.25, 0.3) is 0 Å². The standard InChI is InChI=1S/2C14H17.2CH3.2ClH.H2Si.Zr/c2*1-10-8-11-6-5-7-13(12(11)9-10)14(2,3)4;;;;;;/h2*5-9H,1-4H3;2*1H3;2*1H;1H2;. The molecule has 2 aliphatic carbocycles. The van der Waals surface area contributed by atoms with Crippen LogP contribution < -0.4 is 0 Å². The summed E-state index contributed by atoms with van der Waals surface area (Å²) in [6.45, 7) is 21.4. The van der Waals surface area contributed by atoms with Crippen molar-refractivity contribution in [3.8, 4) is 0 Å². The van der Waals surface area contributed by atoms with Crippen LogP contribution in [0.4, 0.5) is 0 Å². The number of halogens is 2. The van der Waals surface area contributed by atoms with Gasteiger partial charge in [-0.25, -0.2) is 0 Å². The van der Waals surface area contributed by atoms with Crippen molar-refractivity contribution in [1.29, 1.82) is 0 Å². The van der Waals surface area contributed by atoms with Gasteiger partial charge in [0.15, 0.2) is 0 Å². The molecule has 2 atom stereocenters. The van der Waals surface area contributed by atoms with Gasteiger partial charge in [-0.15, -0.1) is 24.8 Å². The second-order valence-electron chi connectivity index (χ2n) is 13.7. The first-order valence-corrected chi connectivity index (χ1v) is 25.9. The molecule has 2 aromatic rings. The molecule has 4 rings (SSSR count). The zero-order chi connectivity index (χ0) is 23.9. The SMILES string of the molecule is CC1=Cc2c(cccc2C(C)(C)C)[CH]1[Zr]([CH3])([CH3])(=[SiH2])[CH]1C(C)=Cc2c1cccc2C(C)(C)C.Cl.Cl. The van der Waals surface area contributed by atoms with E-state index >= 15 is 0 Å². The molecule has 0 N–H and O–H groups in total. The summed E-state index contributed by atoms with van der Waals surface area (Å²) < 4.78 is 6.68. The maximum atomic E-state index is 2.74. The summed E-state index contributed by atoms with van der Waals surface area (Å²) in [6.07, 6.45) is 5.07. The van der Waals surface area contributed by atoms with Gasteiger partial charge in [-0.1, -0.05) is 0 Å². The van der Waals surface area contributed by atoms with Crippen LogP contribution in [0.1, 0.15) is 96.0 Å². The smallest absolute Gasteiger partial charge is 0.147 e. The fraction of sp³-hybridized carbons (Fsp3) is 0.467. The normalized spacial score (nSPS) is 20.0. The van der Waals surface area contributed by atoms with Crippen LogP contribution in [0.3, 0.4) is 0 Å². The van der Waals surface area contributed by atoms with Crippen LogP contribution in [0.5, 0.6) is 0 Å². The molecule has 0 aliphatic heterocycles. The molecule has 0 heterocycles. The predicted molar refractivity (Wildman–Crippen MR) is 158 cm³/mol. The van der Waals surface area contributed by atoms with Gasteiger partial charge in [0.05, 0.1) is 0 Å². The van der Waals surface area contributed by atoms with E-state index in [1.165, 1.54) is 22.3 Å². The first kappa shape index (κ1) is 29.8. The molecule has 34 heavy (non-hydrogen) atoms. The van der Waals surface area contributed by atoms with E-state index in [-0.39, 0.29) is 35.6 Å². The van der Waals surface area contributed by atoms with Crippen molar-refractivity contribution < 1.29 is 17.4 Å². The molecule has 2 unspecified atom stereocenters. The number of benzene rings is 2. The van der Waals surface area contributed by atoms with E-state index in [1.807, 2.05) is 0 Å². The van der Waals surface area contributed by atoms with E-state index in [9.17, 15) is 0 Å². The second-order valence-corrected chi connectivity index (χ2v) is 44.2. The van der Waals surface area contributed by atoms with Crippen LogP contribution in [0.15, 0.2) is 47.5 Å². The summed E-state index contributed by atoms with van der Waals surface area (Å²) in [5.41, 5.74) is 12.8. The van der Waals surface area contributed by atoms with Crippen LogP contribution in [-0.2, 0) is 28.2 Å². The molecule has 0 bridgehead atoms. The fourth-order valence-corrected chi connectivity index (χ4v) is 28.3. The molecule has 0 spiro atoms. The Balaban J connectivity index is 0.00000204. The predicted octanol–water partition coefficient (Wildman–Crippen LogP) is 9.08. The summed E-state index contributed by atoms with van der Waals surface area (Å²) in [5.74, 6) is 0. The molecule has 0 saturated carbocycles. The Morgan fingerprint density at radius 1 is 0.647 bits per heavy atom. The number of fused-ring (bicyclic) bond motifs is 2. The van der Waals surface area contributed by atoms with Gasteiger partial charge in [0.2, 0.25) is 0 Å². The van der Waals surface area contributed by atoms with Crippen LogP contribution in [0, 0.1) is 0 Å². The Kier molecular flexibility index (Phi) is 8.04. The van der Waals surface area contributed by atoms with Gasteiger partial charge < -0.3 is 0 Å². The summed E-state index contributed by atoms with van der Waals surface area (Å²) in [7, 11) is 0. The van der Waals surface area contributed by atoms with E-state index in [4.69, 9.17) is 0 Å². The fourth-order valence-electron chi connectivity index (χ4n) is 7.10. The van der Waals surface area contributed by atoms with Crippen molar-refractivity contribution in [1.82, 2.24) is 0 Å². The third-order valence-corrected chi connectivity index (χ3v) is 26.0. The molecule has 0 amide bonds. The van der Waals surface area contributed by atoms with E-state index in [0.717, 1.165) is 0 Å². The van der Waals surface area contributed by atoms with Crippen molar-refractivity contribution in [2.24, 2.45) is 0 Å². The molecular weight excluding hydrogens is 551 g/mol. The van der Waals surface area contributed by atoms with Gasteiger partial charge >= 0.3 is 200 Å². The zero-order valence-corrected chi connectivity index (χ0v) is 28.3. The topological polar surface area (TPSA) is 0 Å². The van der Waals surface area contributed by atoms with Gasteiger partial charge in [0, 0.05) is 0 Å². The summed E-state index contributed by atoms with van der Waals surface area (Å²) in [6, 6.07) is 14.2. The minimum atomic E-state index is -3.38. The van der Waals surface area contributed by atoms with Crippen LogP contribution in [0.25, 0.3) is 12.2 Å². The minimum absolute atomic E-state index is 0. The second kappa shape index (κ2) is 9.16. The van der Waals surface area contributed by atoms with Crippen molar-refractivity contribution in [3.05, 3.63) is 80.9 Å². The Morgan fingerprint density at radius 2 is 0.971 bits per heavy atom. The quantitative estimate of drug-likeness (QED) is 0.304. The number of allylic oxidation sites excluding steroid dienone is 2. The first-order chi connectivity index (χ1) is 14.5. The molecule has 2 aromatic carbocycles. The first-order valence-electron chi connectivity index (χ1n) is 12.2. The zero-order valence-electron chi connectivity index (χ0n) is 22.8. The van der Waals surface area contributed by atoms with Gasteiger partial charge in [-0.3, -0.25) is 0 Å². The third-order valence-electron chi connectivity index (χ3n) is 8.07. The molecule has 0 fully saturated rings. The molecular formula is C30H44Cl2SiZr. The molecule has 0 aromatic heterocycles. The molecule has 0 nitrogen and oxygen atoms in total. The van der Waals surface area contributed by atoms with Gasteiger partial charge in [-0.2, -0.15) is 0 Å². The third kappa shape index (κ3) is 4.67. The van der Waals surface area contributed by atoms with Crippen molar-refractivity contribution in [3.63, 3.8) is 0 Å². The van der Waals surface area contributed by atoms with E-state index in [1.54, 1.807) is 22.3 Å².